The predicted molar refractivity (Wildman–Crippen MR) is 79.5 cm³/mol. The van der Waals surface area contributed by atoms with Gasteiger partial charge in [0.2, 0.25) is 0 Å². The zero-order valence-corrected chi connectivity index (χ0v) is 12.9. The van der Waals surface area contributed by atoms with Gasteiger partial charge in [-0.15, -0.1) is 0 Å². The monoisotopic (exact) mass is 299 g/mol. The fourth-order valence-corrected chi connectivity index (χ4v) is 2.84. The van der Waals surface area contributed by atoms with E-state index < -0.39 is 0 Å². The maximum atomic E-state index is 6.23. The van der Waals surface area contributed by atoms with Crippen LogP contribution in [0.15, 0.2) is 18.2 Å². The second kappa shape index (κ2) is 7.27. The van der Waals surface area contributed by atoms with E-state index in [0.29, 0.717) is 11.6 Å². The molecule has 0 spiro atoms. The summed E-state index contributed by atoms with van der Waals surface area (Å²) in [5.74, 6) is 0.805. The van der Waals surface area contributed by atoms with Gasteiger partial charge in [0.25, 0.3) is 0 Å². The first-order valence-electron chi connectivity index (χ1n) is 6.90. The van der Waals surface area contributed by atoms with E-state index in [4.69, 9.17) is 25.8 Å². The molecule has 0 aromatic heterocycles. The smallest absolute Gasteiger partial charge is 0.124 e. The lowest BCUT2D eigenvalue weighted by Gasteiger charge is -2.43. The minimum Gasteiger partial charge on any atom is -0.496 e. The summed E-state index contributed by atoms with van der Waals surface area (Å²) in [6, 6.07) is 5.97. The van der Waals surface area contributed by atoms with Gasteiger partial charge in [-0.2, -0.15) is 0 Å². The first-order chi connectivity index (χ1) is 9.71. The van der Waals surface area contributed by atoms with Gasteiger partial charge in [0.15, 0.2) is 0 Å². The van der Waals surface area contributed by atoms with Crippen molar-refractivity contribution < 1.29 is 14.2 Å². The van der Waals surface area contributed by atoms with E-state index in [9.17, 15) is 0 Å². The third kappa shape index (κ3) is 3.26. The molecule has 0 aliphatic heterocycles. The first kappa shape index (κ1) is 15.6. The van der Waals surface area contributed by atoms with Crippen molar-refractivity contribution in [2.75, 3.05) is 20.8 Å². The van der Waals surface area contributed by atoms with Gasteiger partial charge in [-0.1, -0.05) is 17.7 Å². The Morgan fingerprint density at radius 3 is 2.80 bits per heavy atom. The highest BCUT2D eigenvalue weighted by Crippen LogP contribution is 2.30. The van der Waals surface area contributed by atoms with Gasteiger partial charge >= 0.3 is 0 Å². The summed E-state index contributed by atoms with van der Waals surface area (Å²) in [5.41, 5.74) is 0.978. The highest BCUT2D eigenvalue weighted by atomic mass is 35.5. The molecule has 1 N–H and O–H groups in total. The topological polar surface area (TPSA) is 39.7 Å². The van der Waals surface area contributed by atoms with Crippen LogP contribution in [0.5, 0.6) is 5.75 Å². The molecule has 0 saturated heterocycles. The Hall–Kier alpha value is -0.810. The first-order valence-corrected chi connectivity index (χ1v) is 7.28. The van der Waals surface area contributed by atoms with Crippen molar-refractivity contribution in [3.8, 4) is 5.75 Å². The lowest BCUT2D eigenvalue weighted by molar-refractivity contribution is -0.131. The summed E-state index contributed by atoms with van der Waals surface area (Å²) in [4.78, 5) is 0. The minimum absolute atomic E-state index is 0.100. The van der Waals surface area contributed by atoms with E-state index >= 15 is 0 Å². The predicted octanol–water partition coefficient (Wildman–Crippen LogP) is 2.63. The van der Waals surface area contributed by atoms with Crippen LogP contribution in [0, 0.1) is 0 Å². The fraction of sp³-hybridized carbons (Fsp3) is 0.600. The van der Waals surface area contributed by atoms with Crippen molar-refractivity contribution in [1.82, 2.24) is 5.32 Å². The van der Waals surface area contributed by atoms with E-state index in [1.807, 2.05) is 25.1 Å². The number of hydrogen-bond acceptors (Lipinski definition) is 4. The van der Waals surface area contributed by atoms with Crippen molar-refractivity contribution >= 4 is 11.6 Å². The SMILES string of the molecule is CCOC1CC(NCc2c(Cl)cccc2OC)C1OC. The van der Waals surface area contributed by atoms with Crippen molar-refractivity contribution in [3.63, 3.8) is 0 Å². The molecule has 1 aliphatic carbocycles. The number of rotatable bonds is 7. The zero-order chi connectivity index (χ0) is 14.5. The Labute approximate surface area is 125 Å². The third-order valence-corrected chi connectivity index (χ3v) is 4.09. The number of methoxy groups -OCH3 is 2. The Morgan fingerprint density at radius 1 is 1.35 bits per heavy atom. The molecule has 3 atom stereocenters. The summed E-state index contributed by atoms with van der Waals surface area (Å²) in [7, 11) is 3.38. The second-order valence-electron chi connectivity index (χ2n) is 4.84. The fourth-order valence-electron chi connectivity index (χ4n) is 2.61. The molecule has 112 valence electrons. The van der Waals surface area contributed by atoms with Crippen LogP contribution in [-0.4, -0.2) is 39.1 Å². The minimum atomic E-state index is 0.100. The van der Waals surface area contributed by atoms with Crippen molar-refractivity contribution in [2.24, 2.45) is 0 Å². The molecule has 3 unspecified atom stereocenters. The summed E-state index contributed by atoms with van der Waals surface area (Å²) < 4.78 is 16.4. The molecule has 1 aromatic carbocycles. The van der Waals surface area contributed by atoms with E-state index in [2.05, 4.69) is 5.32 Å². The summed E-state index contributed by atoms with van der Waals surface area (Å²) in [6.45, 7) is 3.38. The molecule has 0 heterocycles. The molecule has 0 amide bonds. The van der Waals surface area contributed by atoms with Crippen LogP contribution < -0.4 is 10.1 Å². The summed E-state index contributed by atoms with van der Waals surface area (Å²) >= 11 is 6.23. The van der Waals surface area contributed by atoms with Crippen molar-refractivity contribution in [3.05, 3.63) is 28.8 Å². The average Bonchev–Trinajstić information content (AvgIpc) is 2.43. The Kier molecular flexibility index (Phi) is 5.66. The van der Waals surface area contributed by atoms with E-state index in [-0.39, 0.29) is 18.2 Å². The number of nitrogens with one attached hydrogen (secondary N) is 1. The number of halogens is 1. The molecule has 1 saturated carbocycles. The van der Waals surface area contributed by atoms with Gasteiger partial charge in [-0.25, -0.2) is 0 Å². The number of benzene rings is 1. The molecule has 4 nitrogen and oxygen atoms in total. The van der Waals surface area contributed by atoms with E-state index in [1.54, 1.807) is 14.2 Å². The molecule has 20 heavy (non-hydrogen) atoms. The van der Waals surface area contributed by atoms with Crippen molar-refractivity contribution in [1.29, 1.82) is 0 Å². The van der Waals surface area contributed by atoms with Gasteiger partial charge < -0.3 is 19.5 Å². The molecular formula is C15H22ClNO3. The molecule has 1 aromatic rings. The molecule has 2 rings (SSSR count). The van der Waals surface area contributed by atoms with Crippen LogP contribution >= 0.6 is 11.6 Å². The van der Waals surface area contributed by atoms with Gasteiger partial charge in [-0.3, -0.25) is 0 Å². The van der Waals surface area contributed by atoms with Crippen LogP contribution in [0.4, 0.5) is 0 Å². The summed E-state index contributed by atoms with van der Waals surface area (Å²) in [5, 5.41) is 4.19. The van der Waals surface area contributed by atoms with Crippen LogP contribution in [0.1, 0.15) is 18.9 Å². The highest BCUT2D eigenvalue weighted by molar-refractivity contribution is 6.31. The molecule has 1 fully saturated rings. The van der Waals surface area contributed by atoms with E-state index in [0.717, 1.165) is 24.3 Å². The number of hydrogen-bond donors (Lipinski definition) is 1. The maximum absolute atomic E-state index is 6.23. The Balaban J connectivity index is 1.93. The van der Waals surface area contributed by atoms with Gasteiger partial charge in [-0.05, 0) is 25.5 Å². The lowest BCUT2D eigenvalue weighted by atomic mass is 9.85. The Morgan fingerprint density at radius 2 is 2.15 bits per heavy atom. The Bertz CT molecular complexity index is 441. The van der Waals surface area contributed by atoms with Crippen LogP contribution in [0.2, 0.25) is 5.02 Å². The molecule has 0 radical (unpaired) electrons. The lowest BCUT2D eigenvalue weighted by Crippen LogP contribution is -2.59. The molecule has 1 aliphatic rings. The van der Waals surface area contributed by atoms with Crippen LogP contribution in [-0.2, 0) is 16.0 Å². The normalized spacial score (nSPS) is 25.3. The summed E-state index contributed by atoms with van der Waals surface area (Å²) in [6.07, 6.45) is 1.25. The highest BCUT2D eigenvalue weighted by Gasteiger charge is 2.41. The van der Waals surface area contributed by atoms with E-state index in [1.165, 1.54) is 0 Å². The third-order valence-electron chi connectivity index (χ3n) is 3.74. The van der Waals surface area contributed by atoms with Crippen molar-refractivity contribution in [2.45, 2.75) is 38.1 Å². The van der Waals surface area contributed by atoms with Crippen LogP contribution in [0.25, 0.3) is 0 Å². The maximum Gasteiger partial charge on any atom is 0.124 e. The standard InChI is InChI=1S/C15H22ClNO3/c1-4-20-14-8-12(15(14)19-3)17-9-10-11(16)6-5-7-13(10)18-2/h5-7,12,14-15,17H,4,8-9H2,1-3H3. The second-order valence-corrected chi connectivity index (χ2v) is 5.25. The van der Waals surface area contributed by atoms with Crippen LogP contribution in [0.3, 0.4) is 0 Å². The largest absolute Gasteiger partial charge is 0.496 e. The quantitative estimate of drug-likeness (QED) is 0.840. The molecule has 0 bridgehead atoms. The van der Waals surface area contributed by atoms with Gasteiger partial charge in [0.1, 0.15) is 5.75 Å². The molecule has 5 heteroatoms. The molecular weight excluding hydrogens is 278 g/mol. The zero-order valence-electron chi connectivity index (χ0n) is 12.2. The number of ether oxygens (including phenoxy) is 3. The average molecular weight is 300 g/mol. The van der Waals surface area contributed by atoms with Gasteiger partial charge in [0.05, 0.1) is 19.3 Å². The van der Waals surface area contributed by atoms with Gasteiger partial charge in [0, 0.05) is 36.9 Å².